The fourth-order valence-corrected chi connectivity index (χ4v) is 1.65. The van der Waals surface area contributed by atoms with Crippen molar-refractivity contribution >= 4 is 5.91 Å². The van der Waals surface area contributed by atoms with Gasteiger partial charge in [-0.3, -0.25) is 4.79 Å². The Hall–Kier alpha value is -2.65. The quantitative estimate of drug-likeness (QED) is 0.828. The van der Waals surface area contributed by atoms with Crippen LogP contribution in [0.2, 0.25) is 0 Å². The van der Waals surface area contributed by atoms with Crippen LogP contribution in [0.4, 0.5) is 0 Å². The van der Waals surface area contributed by atoms with Crippen molar-refractivity contribution in [2.45, 2.75) is 19.9 Å². The van der Waals surface area contributed by atoms with Gasteiger partial charge in [0.2, 0.25) is 5.89 Å². The van der Waals surface area contributed by atoms with Gasteiger partial charge >= 0.3 is 0 Å². The third-order valence-electron chi connectivity index (χ3n) is 2.67. The van der Waals surface area contributed by atoms with E-state index in [9.17, 15) is 4.79 Å². The molecule has 1 atom stereocenters. The Labute approximate surface area is 122 Å². The Balaban J connectivity index is 2.03. The average molecular weight is 285 g/mol. The number of aliphatic hydroxyl groups is 1. The largest absolute Gasteiger partial charge is 0.444 e. The monoisotopic (exact) mass is 285 g/mol. The zero-order chi connectivity index (χ0) is 15.2. The third kappa shape index (κ3) is 3.91. The van der Waals surface area contributed by atoms with Gasteiger partial charge in [0.05, 0.1) is 6.20 Å². The van der Waals surface area contributed by atoms with Gasteiger partial charge in [-0.2, -0.15) is 0 Å². The number of carbonyl (C=O) groups excluding carboxylic acids is 1. The molecule has 2 aromatic rings. The highest BCUT2D eigenvalue weighted by Crippen LogP contribution is 2.12. The van der Waals surface area contributed by atoms with Crippen LogP contribution in [0, 0.1) is 18.8 Å². The lowest BCUT2D eigenvalue weighted by Gasteiger charge is -2.09. The molecule has 0 saturated heterocycles. The summed E-state index contributed by atoms with van der Waals surface area (Å²) in [6.07, 6.45) is 3.09. The molecule has 6 heteroatoms. The van der Waals surface area contributed by atoms with Gasteiger partial charge in [-0.1, -0.05) is 11.8 Å². The molecule has 0 spiro atoms. The second-order valence-electron chi connectivity index (χ2n) is 4.40. The lowest BCUT2D eigenvalue weighted by atomic mass is 10.2. The molecule has 0 aliphatic heterocycles. The van der Waals surface area contributed by atoms with E-state index in [-0.39, 0.29) is 24.2 Å². The second-order valence-corrected chi connectivity index (χ2v) is 4.40. The minimum Gasteiger partial charge on any atom is -0.444 e. The Morgan fingerprint density at radius 3 is 2.81 bits per heavy atom. The molecule has 0 aromatic carbocycles. The summed E-state index contributed by atoms with van der Waals surface area (Å²) in [6, 6.07) is 2.90. The van der Waals surface area contributed by atoms with Gasteiger partial charge in [0.15, 0.2) is 0 Å². The predicted molar refractivity (Wildman–Crippen MR) is 75.3 cm³/mol. The van der Waals surface area contributed by atoms with Gasteiger partial charge in [0, 0.05) is 11.8 Å². The highest BCUT2D eigenvalue weighted by molar-refractivity contribution is 5.92. The molecular weight excluding hydrogens is 270 g/mol. The summed E-state index contributed by atoms with van der Waals surface area (Å²) in [5.41, 5.74) is 0.914. The number of pyridine rings is 1. The number of hydrogen-bond donors (Lipinski definition) is 2. The summed E-state index contributed by atoms with van der Waals surface area (Å²) in [5, 5.41) is 11.4. The maximum Gasteiger partial charge on any atom is 0.270 e. The van der Waals surface area contributed by atoms with E-state index >= 15 is 0 Å². The van der Waals surface area contributed by atoms with Gasteiger partial charge in [0.1, 0.15) is 24.1 Å². The first-order valence-corrected chi connectivity index (χ1v) is 6.39. The Morgan fingerprint density at radius 2 is 2.24 bits per heavy atom. The van der Waals surface area contributed by atoms with Crippen LogP contribution in [0.15, 0.2) is 28.9 Å². The number of aliphatic hydroxyl groups excluding tert-OH is 1. The second kappa shape index (κ2) is 6.68. The van der Waals surface area contributed by atoms with E-state index in [0.717, 1.165) is 0 Å². The molecule has 6 nitrogen and oxygen atoms in total. The van der Waals surface area contributed by atoms with Crippen LogP contribution in [0.25, 0.3) is 0 Å². The molecule has 0 fully saturated rings. The van der Waals surface area contributed by atoms with Crippen molar-refractivity contribution in [2.24, 2.45) is 0 Å². The van der Waals surface area contributed by atoms with Crippen molar-refractivity contribution in [1.82, 2.24) is 15.3 Å². The number of nitrogens with zero attached hydrogens (tertiary/aromatic N) is 2. The van der Waals surface area contributed by atoms with Crippen molar-refractivity contribution in [3.05, 3.63) is 47.4 Å². The van der Waals surface area contributed by atoms with Gasteiger partial charge in [-0.05, 0) is 26.0 Å². The number of nitrogens with one attached hydrogen (secondary N) is 1. The first kappa shape index (κ1) is 14.8. The molecule has 0 aliphatic carbocycles. The molecule has 2 aromatic heterocycles. The maximum absolute atomic E-state index is 12.0. The minimum atomic E-state index is -0.346. The molecule has 1 amide bonds. The van der Waals surface area contributed by atoms with Crippen LogP contribution in [-0.2, 0) is 0 Å². The molecule has 0 bridgehead atoms. The normalized spacial score (nSPS) is 11.4. The van der Waals surface area contributed by atoms with Crippen LogP contribution >= 0.6 is 0 Å². The number of aromatic nitrogens is 2. The summed E-state index contributed by atoms with van der Waals surface area (Å²) in [6.45, 7) is 3.36. The van der Waals surface area contributed by atoms with E-state index in [0.29, 0.717) is 17.2 Å². The van der Waals surface area contributed by atoms with E-state index in [1.54, 1.807) is 32.2 Å². The summed E-state index contributed by atoms with van der Waals surface area (Å²) in [4.78, 5) is 20.1. The fourth-order valence-electron chi connectivity index (χ4n) is 1.65. The molecule has 0 saturated carbocycles. The highest BCUT2D eigenvalue weighted by atomic mass is 16.4. The van der Waals surface area contributed by atoms with Crippen molar-refractivity contribution in [1.29, 1.82) is 0 Å². The summed E-state index contributed by atoms with van der Waals surface area (Å²) in [5.74, 6) is 6.05. The standard InChI is InChI=1S/C15H15N3O3/c1-10-8-17-15(21-10)11(2)18-14(20)13-6-5-12(9-16-13)4-3-7-19/h5-6,8-9,11,19H,7H2,1-2H3,(H,18,20). The predicted octanol–water partition coefficient (Wildman–Crippen LogP) is 1.21. The third-order valence-corrected chi connectivity index (χ3v) is 2.67. The van der Waals surface area contributed by atoms with Gasteiger partial charge in [0.25, 0.3) is 5.91 Å². The zero-order valence-electron chi connectivity index (χ0n) is 11.8. The highest BCUT2D eigenvalue weighted by Gasteiger charge is 2.16. The van der Waals surface area contributed by atoms with Crippen molar-refractivity contribution in [3.63, 3.8) is 0 Å². The number of aryl methyl sites for hydroxylation is 1. The van der Waals surface area contributed by atoms with Crippen molar-refractivity contribution < 1.29 is 14.3 Å². The molecule has 2 N–H and O–H groups in total. The molecule has 21 heavy (non-hydrogen) atoms. The molecule has 2 heterocycles. The molecule has 2 rings (SSSR count). The van der Waals surface area contributed by atoms with E-state index in [4.69, 9.17) is 9.52 Å². The topological polar surface area (TPSA) is 88.2 Å². The van der Waals surface area contributed by atoms with Gasteiger partial charge in [-0.15, -0.1) is 0 Å². The smallest absolute Gasteiger partial charge is 0.270 e. The zero-order valence-corrected chi connectivity index (χ0v) is 11.8. The van der Waals surface area contributed by atoms with Gasteiger partial charge < -0.3 is 14.8 Å². The van der Waals surface area contributed by atoms with Crippen LogP contribution in [-0.4, -0.2) is 27.6 Å². The SMILES string of the molecule is Cc1cnc(C(C)NC(=O)c2ccc(C#CCO)cn2)o1. The minimum absolute atomic E-state index is 0.213. The first-order valence-electron chi connectivity index (χ1n) is 6.39. The molecule has 1 unspecified atom stereocenters. The Morgan fingerprint density at radius 1 is 1.43 bits per heavy atom. The lowest BCUT2D eigenvalue weighted by molar-refractivity contribution is 0.0929. The van der Waals surface area contributed by atoms with E-state index < -0.39 is 0 Å². The molecule has 0 radical (unpaired) electrons. The number of amides is 1. The van der Waals surface area contributed by atoms with Crippen LogP contribution in [0.5, 0.6) is 0 Å². The van der Waals surface area contributed by atoms with E-state index in [2.05, 4.69) is 27.1 Å². The average Bonchev–Trinajstić information content (AvgIpc) is 2.92. The maximum atomic E-state index is 12.0. The summed E-state index contributed by atoms with van der Waals surface area (Å²) >= 11 is 0. The van der Waals surface area contributed by atoms with Crippen molar-refractivity contribution in [2.75, 3.05) is 6.61 Å². The molecule has 108 valence electrons. The van der Waals surface area contributed by atoms with Crippen LogP contribution < -0.4 is 5.32 Å². The number of rotatable bonds is 3. The van der Waals surface area contributed by atoms with Gasteiger partial charge in [-0.25, -0.2) is 9.97 Å². The molecular formula is C15H15N3O3. The lowest BCUT2D eigenvalue weighted by Crippen LogP contribution is -2.27. The first-order chi connectivity index (χ1) is 10.1. The van der Waals surface area contributed by atoms with E-state index in [1.165, 1.54) is 6.20 Å². The number of hydrogen-bond acceptors (Lipinski definition) is 5. The van der Waals surface area contributed by atoms with Crippen molar-refractivity contribution in [3.8, 4) is 11.8 Å². The van der Waals surface area contributed by atoms with Crippen LogP contribution in [0.3, 0.4) is 0 Å². The fraction of sp³-hybridized carbons (Fsp3) is 0.267. The Kier molecular flexibility index (Phi) is 4.69. The number of oxazole rings is 1. The summed E-state index contributed by atoms with van der Waals surface area (Å²) < 4.78 is 5.36. The Bertz CT molecular complexity index is 680. The molecule has 0 aliphatic rings. The summed E-state index contributed by atoms with van der Waals surface area (Å²) in [7, 11) is 0. The van der Waals surface area contributed by atoms with Crippen LogP contribution in [0.1, 0.15) is 40.7 Å². The van der Waals surface area contributed by atoms with E-state index in [1.807, 2.05) is 0 Å². The number of carbonyl (C=O) groups is 1.